The molecule has 1 aliphatic rings. The van der Waals surface area contributed by atoms with E-state index in [1.54, 1.807) is 11.1 Å². The Morgan fingerprint density at radius 2 is 1.83 bits per heavy atom. The number of H-pyrrole nitrogens is 1. The van der Waals surface area contributed by atoms with E-state index in [2.05, 4.69) is 39.1 Å². The Kier molecular flexibility index (Phi) is 4.34. The van der Waals surface area contributed by atoms with Gasteiger partial charge < -0.3 is 15.0 Å². The Bertz CT molecular complexity index is 1310. The lowest BCUT2D eigenvalue weighted by atomic mass is 9.87. The number of aliphatic hydroxyl groups is 1. The van der Waals surface area contributed by atoms with E-state index >= 15 is 0 Å². The molecule has 1 aliphatic heterocycles. The third-order valence-electron chi connectivity index (χ3n) is 6.01. The molecule has 2 N–H and O–H groups in total. The summed E-state index contributed by atoms with van der Waals surface area (Å²) < 4.78 is 0.820. The van der Waals surface area contributed by atoms with Gasteiger partial charge in [0.2, 0.25) is 0 Å². The molecule has 0 saturated carbocycles. The Balaban J connectivity index is 1.70. The lowest BCUT2D eigenvalue weighted by Gasteiger charge is -2.24. The molecule has 4 aromatic rings. The summed E-state index contributed by atoms with van der Waals surface area (Å²) in [7, 11) is 0. The molecule has 0 aliphatic carbocycles. The first-order valence-electron chi connectivity index (χ1n) is 9.86. The molecular formula is C25H21BrN2O2. The summed E-state index contributed by atoms with van der Waals surface area (Å²) >= 11 is 3.51. The average Bonchev–Trinajstić information content (AvgIpc) is 3.25. The van der Waals surface area contributed by atoms with Gasteiger partial charge in [-0.2, -0.15) is 0 Å². The van der Waals surface area contributed by atoms with E-state index in [0.29, 0.717) is 17.7 Å². The predicted octanol–water partition coefficient (Wildman–Crippen LogP) is 5.33. The number of aromatic nitrogens is 1. The molecule has 2 heterocycles. The number of anilines is 1. The highest BCUT2D eigenvalue weighted by atomic mass is 79.9. The SMILES string of the molecule is Cc1ccc(C)c(CN2C(=O)[C@](O)(c3c[nH]c4ccccc34)c3cc(Br)ccc32)c1. The van der Waals surface area contributed by atoms with Crippen LogP contribution in [0.2, 0.25) is 0 Å². The lowest BCUT2D eigenvalue weighted by molar-refractivity contribution is -0.132. The number of aryl methyl sites for hydroxylation is 2. The normalized spacial score (nSPS) is 18.3. The zero-order chi connectivity index (χ0) is 21.0. The van der Waals surface area contributed by atoms with Gasteiger partial charge in [0.15, 0.2) is 5.60 Å². The van der Waals surface area contributed by atoms with Crippen LogP contribution in [-0.4, -0.2) is 16.0 Å². The Morgan fingerprint density at radius 3 is 2.67 bits per heavy atom. The fraction of sp³-hybridized carbons (Fsp3) is 0.160. The molecule has 4 nitrogen and oxygen atoms in total. The van der Waals surface area contributed by atoms with Gasteiger partial charge in [-0.25, -0.2) is 0 Å². The number of carbonyl (C=O) groups excluding carboxylic acids is 1. The van der Waals surface area contributed by atoms with Crippen LogP contribution in [0, 0.1) is 13.8 Å². The number of benzene rings is 3. The predicted molar refractivity (Wildman–Crippen MR) is 123 cm³/mol. The van der Waals surface area contributed by atoms with Crippen molar-refractivity contribution in [1.29, 1.82) is 0 Å². The molecule has 0 spiro atoms. The van der Waals surface area contributed by atoms with E-state index < -0.39 is 5.60 Å². The minimum atomic E-state index is -1.75. The Morgan fingerprint density at radius 1 is 1.03 bits per heavy atom. The van der Waals surface area contributed by atoms with Crippen LogP contribution in [0.4, 0.5) is 5.69 Å². The van der Waals surface area contributed by atoms with Crippen LogP contribution in [-0.2, 0) is 16.9 Å². The van der Waals surface area contributed by atoms with Gasteiger partial charge >= 0.3 is 0 Å². The molecule has 0 bridgehead atoms. The van der Waals surface area contributed by atoms with Gasteiger partial charge in [-0.3, -0.25) is 4.79 Å². The van der Waals surface area contributed by atoms with Crippen LogP contribution in [0.15, 0.2) is 71.3 Å². The molecule has 0 radical (unpaired) electrons. The van der Waals surface area contributed by atoms with Gasteiger partial charge in [0, 0.05) is 32.7 Å². The summed E-state index contributed by atoms with van der Waals surface area (Å²) in [4.78, 5) is 18.7. The fourth-order valence-electron chi connectivity index (χ4n) is 4.38. The number of fused-ring (bicyclic) bond motifs is 2. The van der Waals surface area contributed by atoms with E-state index in [0.717, 1.165) is 37.8 Å². The number of nitrogens with zero attached hydrogens (tertiary/aromatic N) is 1. The van der Waals surface area contributed by atoms with E-state index in [4.69, 9.17) is 0 Å². The number of hydrogen-bond donors (Lipinski definition) is 2. The van der Waals surface area contributed by atoms with Crippen molar-refractivity contribution >= 4 is 38.4 Å². The second kappa shape index (κ2) is 6.83. The second-order valence-electron chi connectivity index (χ2n) is 7.94. The van der Waals surface area contributed by atoms with Gasteiger partial charge in [0.1, 0.15) is 0 Å². The fourth-order valence-corrected chi connectivity index (χ4v) is 4.74. The van der Waals surface area contributed by atoms with Crippen LogP contribution in [0.5, 0.6) is 0 Å². The van der Waals surface area contributed by atoms with Crippen molar-refractivity contribution < 1.29 is 9.90 Å². The molecular weight excluding hydrogens is 440 g/mol. The number of nitrogens with one attached hydrogen (secondary N) is 1. The zero-order valence-electron chi connectivity index (χ0n) is 16.7. The van der Waals surface area contributed by atoms with Crippen LogP contribution >= 0.6 is 15.9 Å². The van der Waals surface area contributed by atoms with Crippen LogP contribution in [0.1, 0.15) is 27.8 Å². The van der Waals surface area contributed by atoms with Crippen molar-refractivity contribution in [2.45, 2.75) is 26.0 Å². The number of hydrogen-bond acceptors (Lipinski definition) is 2. The van der Waals surface area contributed by atoms with E-state index in [1.807, 2.05) is 56.3 Å². The first-order chi connectivity index (χ1) is 14.4. The maximum Gasteiger partial charge on any atom is 0.268 e. The van der Waals surface area contributed by atoms with Crippen molar-refractivity contribution in [2.24, 2.45) is 0 Å². The zero-order valence-corrected chi connectivity index (χ0v) is 18.3. The summed E-state index contributed by atoms with van der Waals surface area (Å²) in [6, 6.07) is 19.6. The van der Waals surface area contributed by atoms with Gasteiger partial charge in [-0.15, -0.1) is 0 Å². The minimum Gasteiger partial charge on any atom is -0.372 e. The molecule has 5 rings (SSSR count). The summed E-state index contributed by atoms with van der Waals surface area (Å²) in [5, 5.41) is 12.8. The average molecular weight is 461 g/mol. The highest BCUT2D eigenvalue weighted by Gasteiger charge is 2.52. The number of carbonyl (C=O) groups is 1. The first kappa shape index (κ1) is 19.1. The molecule has 1 amide bonds. The van der Waals surface area contributed by atoms with Crippen LogP contribution in [0.25, 0.3) is 10.9 Å². The van der Waals surface area contributed by atoms with E-state index in [9.17, 15) is 9.90 Å². The molecule has 3 aromatic carbocycles. The van der Waals surface area contributed by atoms with Gasteiger partial charge in [-0.05, 0) is 49.2 Å². The summed E-state index contributed by atoms with van der Waals surface area (Å²) in [6.45, 7) is 4.50. The van der Waals surface area contributed by atoms with Gasteiger partial charge in [-0.1, -0.05) is 57.9 Å². The van der Waals surface area contributed by atoms with Crippen molar-refractivity contribution in [3.05, 3.63) is 99.2 Å². The summed E-state index contributed by atoms with van der Waals surface area (Å²) in [5.74, 6) is -0.332. The molecule has 150 valence electrons. The number of rotatable bonds is 3. The molecule has 0 unspecified atom stereocenters. The third kappa shape index (κ3) is 2.73. The largest absolute Gasteiger partial charge is 0.372 e. The second-order valence-corrected chi connectivity index (χ2v) is 8.86. The van der Waals surface area contributed by atoms with Crippen molar-refractivity contribution in [1.82, 2.24) is 4.98 Å². The highest BCUT2D eigenvalue weighted by molar-refractivity contribution is 9.10. The topological polar surface area (TPSA) is 56.3 Å². The van der Waals surface area contributed by atoms with Gasteiger partial charge in [0.05, 0.1) is 12.2 Å². The monoisotopic (exact) mass is 460 g/mol. The van der Waals surface area contributed by atoms with E-state index in [1.165, 1.54) is 0 Å². The number of para-hydroxylation sites is 1. The quantitative estimate of drug-likeness (QED) is 0.434. The van der Waals surface area contributed by atoms with Crippen molar-refractivity contribution in [2.75, 3.05) is 4.90 Å². The van der Waals surface area contributed by atoms with Crippen molar-refractivity contribution in [3.63, 3.8) is 0 Å². The molecule has 1 aromatic heterocycles. The maximum atomic E-state index is 13.8. The van der Waals surface area contributed by atoms with Crippen LogP contribution in [0.3, 0.4) is 0 Å². The maximum absolute atomic E-state index is 13.8. The minimum absolute atomic E-state index is 0.332. The highest BCUT2D eigenvalue weighted by Crippen LogP contribution is 2.47. The molecule has 0 saturated heterocycles. The standard InChI is InChI=1S/C25H21BrN2O2/c1-15-7-8-16(2)17(11-15)14-28-23-10-9-18(26)12-20(23)25(30,24(28)29)21-13-27-22-6-4-3-5-19(21)22/h3-13,27,30H,14H2,1-2H3/t25-/m1/s1. The Hall–Kier alpha value is -2.89. The molecule has 5 heteroatoms. The molecule has 30 heavy (non-hydrogen) atoms. The molecule has 0 fully saturated rings. The summed E-state index contributed by atoms with van der Waals surface area (Å²) in [6.07, 6.45) is 1.74. The van der Waals surface area contributed by atoms with Crippen molar-refractivity contribution in [3.8, 4) is 0 Å². The number of halogens is 1. The summed E-state index contributed by atoms with van der Waals surface area (Å²) in [5.41, 5.74) is 4.37. The number of aromatic amines is 1. The molecule has 1 atom stereocenters. The number of amides is 1. The Labute approximate surface area is 183 Å². The van der Waals surface area contributed by atoms with Gasteiger partial charge in [0.25, 0.3) is 5.91 Å². The van der Waals surface area contributed by atoms with Crippen LogP contribution < -0.4 is 4.90 Å². The van der Waals surface area contributed by atoms with E-state index in [-0.39, 0.29) is 5.91 Å². The third-order valence-corrected chi connectivity index (χ3v) is 6.50. The lowest BCUT2D eigenvalue weighted by Crippen LogP contribution is -2.40. The first-order valence-corrected chi connectivity index (χ1v) is 10.7. The smallest absolute Gasteiger partial charge is 0.268 e.